The van der Waals surface area contributed by atoms with E-state index < -0.39 is 24.4 Å². The molecule has 2 heterocycles. The second kappa shape index (κ2) is 5.81. The number of aryl methyl sites for hydroxylation is 2. The van der Waals surface area contributed by atoms with Crippen LogP contribution in [0.15, 0.2) is 36.5 Å². The molecule has 0 radical (unpaired) electrons. The molecule has 4 nitrogen and oxygen atoms in total. The molecule has 3 rings (SSSR count). The average Bonchev–Trinajstić information content (AvgIpc) is 3.06. The van der Waals surface area contributed by atoms with Gasteiger partial charge in [-0.25, -0.2) is 4.68 Å². The molecule has 0 bridgehead atoms. The number of rotatable bonds is 3. The van der Waals surface area contributed by atoms with Crippen molar-refractivity contribution in [1.29, 1.82) is 0 Å². The Labute approximate surface area is 136 Å². The third-order valence-corrected chi connectivity index (χ3v) is 4.02. The van der Waals surface area contributed by atoms with Crippen LogP contribution in [0.4, 0.5) is 13.2 Å². The Morgan fingerprint density at radius 2 is 2.00 bits per heavy atom. The fraction of sp³-hybridized carbons (Fsp3) is 0.294. The number of nitrogens with one attached hydrogen (secondary N) is 1. The van der Waals surface area contributed by atoms with E-state index in [-0.39, 0.29) is 5.56 Å². The molecule has 0 aliphatic heterocycles. The summed E-state index contributed by atoms with van der Waals surface area (Å²) in [6.45, 7) is 3.34. The van der Waals surface area contributed by atoms with Gasteiger partial charge < -0.3 is 4.98 Å². The minimum absolute atomic E-state index is 0.0768. The zero-order chi connectivity index (χ0) is 17.5. The SMILES string of the molecule is Cc1cc(C)n(C(=O)C[C@@H](c2c[nH]c3ccccc23)C(F)(F)F)n1. The Morgan fingerprint density at radius 3 is 2.62 bits per heavy atom. The van der Waals surface area contributed by atoms with Crippen LogP contribution in [0, 0.1) is 13.8 Å². The zero-order valence-corrected chi connectivity index (χ0v) is 13.2. The number of benzene rings is 1. The van der Waals surface area contributed by atoms with Crippen molar-refractivity contribution in [2.45, 2.75) is 32.4 Å². The number of halogens is 3. The highest BCUT2D eigenvalue weighted by Gasteiger charge is 2.43. The van der Waals surface area contributed by atoms with Gasteiger partial charge in [0.15, 0.2) is 0 Å². The maximum atomic E-state index is 13.6. The number of H-pyrrole nitrogens is 1. The van der Waals surface area contributed by atoms with Crippen LogP contribution in [-0.2, 0) is 0 Å². The van der Waals surface area contributed by atoms with Gasteiger partial charge in [0.25, 0.3) is 0 Å². The van der Waals surface area contributed by atoms with E-state index in [1.807, 2.05) is 0 Å². The number of alkyl halides is 3. The Morgan fingerprint density at radius 1 is 1.29 bits per heavy atom. The second-order valence-corrected chi connectivity index (χ2v) is 5.82. The normalized spacial score (nSPS) is 13.4. The van der Waals surface area contributed by atoms with Crippen LogP contribution >= 0.6 is 0 Å². The third kappa shape index (κ3) is 2.93. The van der Waals surface area contributed by atoms with E-state index in [9.17, 15) is 18.0 Å². The quantitative estimate of drug-likeness (QED) is 0.773. The minimum Gasteiger partial charge on any atom is -0.361 e. The molecule has 24 heavy (non-hydrogen) atoms. The largest absolute Gasteiger partial charge is 0.396 e. The lowest BCUT2D eigenvalue weighted by Gasteiger charge is -2.19. The van der Waals surface area contributed by atoms with Crippen molar-refractivity contribution < 1.29 is 18.0 Å². The first kappa shape index (κ1) is 16.3. The number of carbonyl (C=O) groups is 1. The highest BCUT2D eigenvalue weighted by molar-refractivity contribution is 5.85. The van der Waals surface area contributed by atoms with Gasteiger partial charge in [-0.05, 0) is 31.5 Å². The highest BCUT2D eigenvalue weighted by Crippen LogP contribution is 2.40. The lowest BCUT2D eigenvalue weighted by atomic mass is 9.94. The van der Waals surface area contributed by atoms with Gasteiger partial charge in [0, 0.05) is 29.2 Å². The second-order valence-electron chi connectivity index (χ2n) is 5.82. The van der Waals surface area contributed by atoms with Gasteiger partial charge in [-0.2, -0.15) is 18.3 Å². The molecule has 7 heteroatoms. The maximum absolute atomic E-state index is 13.6. The summed E-state index contributed by atoms with van der Waals surface area (Å²) in [5.74, 6) is -2.56. The zero-order valence-electron chi connectivity index (χ0n) is 13.2. The Kier molecular flexibility index (Phi) is 3.95. The van der Waals surface area contributed by atoms with Gasteiger partial charge in [0.1, 0.15) is 0 Å². The van der Waals surface area contributed by atoms with Crippen LogP contribution in [0.3, 0.4) is 0 Å². The van der Waals surface area contributed by atoms with Crippen LogP contribution in [-0.4, -0.2) is 26.8 Å². The summed E-state index contributed by atoms with van der Waals surface area (Å²) in [7, 11) is 0. The molecule has 126 valence electrons. The molecule has 0 unspecified atom stereocenters. The van der Waals surface area contributed by atoms with Gasteiger partial charge in [-0.1, -0.05) is 18.2 Å². The fourth-order valence-electron chi connectivity index (χ4n) is 2.93. The van der Waals surface area contributed by atoms with E-state index in [1.54, 1.807) is 44.2 Å². The predicted molar refractivity (Wildman–Crippen MR) is 84.0 cm³/mol. The summed E-state index contributed by atoms with van der Waals surface area (Å²) in [5.41, 5.74) is 1.81. The Bertz CT molecular complexity index is 892. The van der Waals surface area contributed by atoms with Crippen LogP contribution in [0.2, 0.25) is 0 Å². The molecular weight excluding hydrogens is 319 g/mol. The number of para-hydroxylation sites is 1. The average molecular weight is 335 g/mol. The number of carbonyl (C=O) groups excluding carboxylic acids is 1. The molecule has 1 N–H and O–H groups in total. The van der Waals surface area contributed by atoms with E-state index >= 15 is 0 Å². The minimum atomic E-state index is -4.53. The topological polar surface area (TPSA) is 50.7 Å². The standard InChI is InChI=1S/C17H16F3N3O/c1-10-7-11(2)23(22-10)16(24)8-14(17(18,19)20)13-9-21-15-6-4-3-5-12(13)15/h3-7,9,14,21H,8H2,1-2H3/t14-/m0/s1. The van der Waals surface area contributed by atoms with Gasteiger partial charge in [0.2, 0.25) is 5.91 Å². The van der Waals surface area contributed by atoms with E-state index in [1.165, 1.54) is 6.20 Å². The molecule has 2 aromatic heterocycles. The first-order chi connectivity index (χ1) is 11.3. The lowest BCUT2D eigenvalue weighted by molar-refractivity contribution is -0.149. The molecule has 0 saturated carbocycles. The predicted octanol–water partition coefficient (Wildman–Crippen LogP) is 4.36. The molecule has 1 atom stereocenters. The molecule has 1 aromatic carbocycles. The highest BCUT2D eigenvalue weighted by atomic mass is 19.4. The fourth-order valence-corrected chi connectivity index (χ4v) is 2.93. The van der Waals surface area contributed by atoms with Crippen molar-refractivity contribution in [3.63, 3.8) is 0 Å². The molecule has 0 saturated heterocycles. The number of hydrogen-bond donors (Lipinski definition) is 1. The first-order valence-electron chi connectivity index (χ1n) is 7.46. The molecule has 3 aromatic rings. The van der Waals surface area contributed by atoms with Gasteiger partial charge in [-0.3, -0.25) is 4.79 Å². The van der Waals surface area contributed by atoms with Crippen molar-refractivity contribution >= 4 is 16.8 Å². The van der Waals surface area contributed by atoms with Crippen molar-refractivity contribution in [2.75, 3.05) is 0 Å². The van der Waals surface area contributed by atoms with Crippen LogP contribution in [0.5, 0.6) is 0 Å². The summed E-state index contributed by atoms with van der Waals surface area (Å²) < 4.78 is 41.8. The maximum Gasteiger partial charge on any atom is 0.396 e. The number of hydrogen-bond acceptors (Lipinski definition) is 2. The van der Waals surface area contributed by atoms with E-state index in [0.717, 1.165) is 4.68 Å². The number of aromatic nitrogens is 3. The van der Waals surface area contributed by atoms with Crippen LogP contribution < -0.4 is 0 Å². The van der Waals surface area contributed by atoms with Gasteiger partial charge in [0.05, 0.1) is 11.6 Å². The van der Waals surface area contributed by atoms with Crippen molar-refractivity contribution in [3.05, 3.63) is 53.5 Å². The summed E-state index contributed by atoms with van der Waals surface area (Å²) in [4.78, 5) is 15.2. The van der Waals surface area contributed by atoms with Gasteiger partial charge >= 0.3 is 6.18 Å². The smallest absolute Gasteiger partial charge is 0.361 e. The monoisotopic (exact) mass is 335 g/mol. The lowest BCUT2D eigenvalue weighted by Crippen LogP contribution is -2.26. The molecule has 0 aliphatic carbocycles. The van der Waals surface area contributed by atoms with Crippen molar-refractivity contribution in [1.82, 2.24) is 14.8 Å². The summed E-state index contributed by atoms with van der Waals surface area (Å²) in [6.07, 6.45) is -3.89. The molecule has 0 aliphatic rings. The first-order valence-corrected chi connectivity index (χ1v) is 7.46. The summed E-state index contributed by atoms with van der Waals surface area (Å²) >= 11 is 0. The number of nitrogens with zero attached hydrogens (tertiary/aromatic N) is 2. The Balaban J connectivity index is 1.99. The Hall–Kier alpha value is -2.57. The summed E-state index contributed by atoms with van der Waals surface area (Å²) in [6, 6.07) is 8.40. The molecule has 0 amide bonds. The number of aromatic amines is 1. The van der Waals surface area contributed by atoms with E-state index in [0.29, 0.717) is 22.3 Å². The van der Waals surface area contributed by atoms with Crippen molar-refractivity contribution in [3.8, 4) is 0 Å². The third-order valence-electron chi connectivity index (χ3n) is 4.02. The van der Waals surface area contributed by atoms with Crippen LogP contribution in [0.1, 0.15) is 34.1 Å². The molecular formula is C17H16F3N3O. The van der Waals surface area contributed by atoms with E-state index in [2.05, 4.69) is 10.1 Å². The van der Waals surface area contributed by atoms with Crippen LogP contribution in [0.25, 0.3) is 10.9 Å². The number of fused-ring (bicyclic) bond motifs is 1. The van der Waals surface area contributed by atoms with Crippen molar-refractivity contribution in [2.24, 2.45) is 0 Å². The van der Waals surface area contributed by atoms with E-state index in [4.69, 9.17) is 0 Å². The molecule has 0 fully saturated rings. The molecule has 0 spiro atoms. The van der Waals surface area contributed by atoms with Gasteiger partial charge in [-0.15, -0.1) is 0 Å². The summed E-state index contributed by atoms with van der Waals surface area (Å²) in [5, 5.41) is 4.45.